The lowest BCUT2D eigenvalue weighted by molar-refractivity contribution is 0.307. The number of anilines is 1. The summed E-state index contributed by atoms with van der Waals surface area (Å²) in [4.78, 5) is 3.90. The van der Waals surface area contributed by atoms with Crippen LogP contribution in [-0.4, -0.2) is 10.7 Å². The van der Waals surface area contributed by atoms with E-state index >= 15 is 0 Å². The van der Waals surface area contributed by atoms with Crippen LogP contribution in [0.1, 0.15) is 5.56 Å². The maximum Gasteiger partial charge on any atom is 0.237 e. The molecule has 0 amide bonds. The van der Waals surface area contributed by atoms with Crippen molar-refractivity contribution in [2.45, 2.75) is 6.61 Å². The molecule has 6 nitrogen and oxygen atoms in total. The quantitative estimate of drug-likeness (QED) is 0.676. The second-order valence-electron chi connectivity index (χ2n) is 4.08. The Morgan fingerprint density at radius 1 is 1.23 bits per heavy atom. The highest BCUT2D eigenvalue weighted by molar-refractivity contribution is 6.10. The molecule has 0 bridgehead atoms. The molecule has 0 radical (unpaired) electrons. The predicted molar refractivity (Wildman–Crippen MR) is 77.3 cm³/mol. The predicted octanol–water partition coefficient (Wildman–Crippen LogP) is 2.61. The molecule has 1 heterocycles. The van der Waals surface area contributed by atoms with Crippen molar-refractivity contribution in [2.75, 3.05) is 5.43 Å². The van der Waals surface area contributed by atoms with Crippen LogP contribution < -0.4 is 10.2 Å². The first-order chi connectivity index (χ1) is 10.7. The summed E-state index contributed by atoms with van der Waals surface area (Å²) >= 11 is 0. The highest BCUT2D eigenvalue weighted by Gasteiger charge is 2.06. The Morgan fingerprint density at radius 3 is 2.64 bits per heavy atom. The number of hydrogen-bond acceptors (Lipinski definition) is 6. The summed E-state index contributed by atoms with van der Waals surface area (Å²) in [5.41, 5.74) is 3.20. The minimum absolute atomic E-state index is 0.219. The first-order valence-electron chi connectivity index (χ1n) is 6.18. The van der Waals surface area contributed by atoms with Crippen LogP contribution in [0.3, 0.4) is 0 Å². The van der Waals surface area contributed by atoms with Crippen LogP contribution in [0.5, 0.6) is 5.75 Å². The monoisotopic (exact) mass is 295 g/mol. The molecule has 0 aliphatic heterocycles. The van der Waals surface area contributed by atoms with E-state index in [0.717, 1.165) is 11.6 Å². The highest BCUT2D eigenvalue weighted by atomic mass is 19.1. The molecule has 1 aromatic carbocycles. The van der Waals surface area contributed by atoms with E-state index in [9.17, 15) is 4.39 Å². The van der Waals surface area contributed by atoms with Crippen LogP contribution in [0, 0.1) is 28.5 Å². The molecular weight excluding hydrogens is 285 g/mol. The Hall–Kier alpha value is -3.45. The fourth-order valence-electron chi connectivity index (χ4n) is 1.55. The average Bonchev–Trinajstić information content (AvgIpc) is 2.56. The summed E-state index contributed by atoms with van der Waals surface area (Å²) < 4.78 is 18.9. The van der Waals surface area contributed by atoms with Gasteiger partial charge in [-0.25, -0.2) is 4.39 Å². The normalized spacial score (nSPS) is 9.23. The number of halogens is 1. The van der Waals surface area contributed by atoms with Gasteiger partial charge >= 0.3 is 0 Å². The van der Waals surface area contributed by atoms with Crippen LogP contribution in [0.15, 0.2) is 47.8 Å². The van der Waals surface area contributed by atoms with Crippen LogP contribution in [0.25, 0.3) is 0 Å². The molecule has 1 aromatic heterocycles. The van der Waals surface area contributed by atoms with Crippen molar-refractivity contribution in [2.24, 2.45) is 5.10 Å². The number of hydrazone groups is 1. The molecule has 0 aliphatic rings. The second kappa shape index (κ2) is 7.36. The molecular formula is C15H10FN5O. The summed E-state index contributed by atoms with van der Waals surface area (Å²) in [7, 11) is 0. The van der Waals surface area contributed by atoms with Crippen LogP contribution in [0.4, 0.5) is 10.1 Å². The number of ether oxygens (including phenoxy) is 1. The van der Waals surface area contributed by atoms with Crippen LogP contribution in [-0.2, 0) is 6.61 Å². The van der Waals surface area contributed by atoms with E-state index < -0.39 is 5.82 Å². The van der Waals surface area contributed by atoms with Crippen molar-refractivity contribution in [1.82, 2.24) is 4.98 Å². The minimum atomic E-state index is -0.496. The van der Waals surface area contributed by atoms with Gasteiger partial charge < -0.3 is 4.74 Å². The number of aromatic nitrogens is 1. The molecule has 0 fully saturated rings. The standard InChI is InChI=1S/C15H10FN5O/c16-12-1-2-15(22-10-11-3-5-19-6-4-11)14(7-12)21-20-13(8-17)9-18/h1-7,21H,10H2. The zero-order chi connectivity index (χ0) is 15.8. The van der Waals surface area contributed by atoms with E-state index in [-0.39, 0.29) is 18.0 Å². The van der Waals surface area contributed by atoms with Gasteiger partial charge in [0.15, 0.2) is 0 Å². The number of nitriles is 2. The molecule has 0 spiro atoms. The fraction of sp³-hybridized carbons (Fsp3) is 0.0667. The molecule has 0 aliphatic carbocycles. The van der Waals surface area contributed by atoms with Gasteiger partial charge in [0.1, 0.15) is 36.0 Å². The Balaban J connectivity index is 2.16. The lowest BCUT2D eigenvalue weighted by Crippen LogP contribution is -2.01. The van der Waals surface area contributed by atoms with E-state index in [1.165, 1.54) is 12.1 Å². The van der Waals surface area contributed by atoms with Crippen molar-refractivity contribution in [3.8, 4) is 17.9 Å². The number of hydrogen-bond donors (Lipinski definition) is 1. The third kappa shape index (κ3) is 4.02. The molecule has 2 rings (SSSR count). The lowest BCUT2D eigenvalue weighted by Gasteiger charge is -2.11. The van der Waals surface area contributed by atoms with Crippen molar-refractivity contribution >= 4 is 11.4 Å². The molecule has 0 saturated carbocycles. The average molecular weight is 295 g/mol. The van der Waals surface area contributed by atoms with Gasteiger partial charge in [0, 0.05) is 18.5 Å². The molecule has 22 heavy (non-hydrogen) atoms. The fourth-order valence-corrected chi connectivity index (χ4v) is 1.55. The number of pyridine rings is 1. The van der Waals surface area contributed by atoms with Crippen molar-refractivity contribution in [3.63, 3.8) is 0 Å². The van der Waals surface area contributed by atoms with Crippen molar-refractivity contribution in [3.05, 3.63) is 54.1 Å². The molecule has 7 heteroatoms. The Labute approximate surface area is 126 Å². The number of nitrogens with one attached hydrogen (secondary N) is 1. The number of rotatable bonds is 5. The maximum atomic E-state index is 13.3. The van der Waals surface area contributed by atoms with E-state index in [4.69, 9.17) is 15.3 Å². The molecule has 0 saturated heterocycles. The Bertz CT molecular complexity index is 746. The number of nitrogens with zero attached hydrogens (tertiary/aromatic N) is 4. The van der Waals surface area contributed by atoms with E-state index in [1.807, 2.05) is 0 Å². The van der Waals surface area contributed by atoms with E-state index in [2.05, 4.69) is 15.5 Å². The summed E-state index contributed by atoms with van der Waals surface area (Å²) in [6.07, 6.45) is 3.28. The minimum Gasteiger partial charge on any atom is -0.487 e. The van der Waals surface area contributed by atoms with Gasteiger partial charge in [0.2, 0.25) is 5.71 Å². The summed E-state index contributed by atoms with van der Waals surface area (Å²) in [5, 5.41) is 20.8. The van der Waals surface area contributed by atoms with Gasteiger partial charge in [0.05, 0.1) is 0 Å². The first kappa shape index (κ1) is 14.9. The molecule has 108 valence electrons. The van der Waals surface area contributed by atoms with E-state index in [0.29, 0.717) is 5.75 Å². The van der Waals surface area contributed by atoms with Gasteiger partial charge in [-0.15, -0.1) is 0 Å². The van der Waals surface area contributed by atoms with Gasteiger partial charge in [-0.3, -0.25) is 10.4 Å². The highest BCUT2D eigenvalue weighted by Crippen LogP contribution is 2.26. The smallest absolute Gasteiger partial charge is 0.237 e. The van der Waals surface area contributed by atoms with Crippen molar-refractivity contribution < 1.29 is 9.13 Å². The Morgan fingerprint density at radius 2 is 1.95 bits per heavy atom. The van der Waals surface area contributed by atoms with Crippen LogP contribution >= 0.6 is 0 Å². The first-order valence-corrected chi connectivity index (χ1v) is 6.18. The third-order valence-electron chi connectivity index (χ3n) is 2.59. The zero-order valence-electron chi connectivity index (χ0n) is 11.3. The van der Waals surface area contributed by atoms with Gasteiger partial charge in [0.25, 0.3) is 0 Å². The summed E-state index contributed by atoms with van der Waals surface area (Å²) in [6, 6.07) is 10.6. The molecule has 1 N–H and O–H groups in total. The maximum absolute atomic E-state index is 13.3. The van der Waals surface area contributed by atoms with Crippen molar-refractivity contribution in [1.29, 1.82) is 10.5 Å². The topological polar surface area (TPSA) is 94.1 Å². The second-order valence-corrected chi connectivity index (χ2v) is 4.08. The van der Waals surface area contributed by atoms with Gasteiger partial charge in [-0.05, 0) is 29.8 Å². The summed E-state index contributed by atoms with van der Waals surface area (Å²) in [5.74, 6) is -0.151. The zero-order valence-corrected chi connectivity index (χ0v) is 11.3. The van der Waals surface area contributed by atoms with Crippen LogP contribution in [0.2, 0.25) is 0 Å². The molecule has 2 aromatic rings. The van der Waals surface area contributed by atoms with Gasteiger partial charge in [-0.2, -0.15) is 15.6 Å². The van der Waals surface area contributed by atoms with E-state index in [1.54, 1.807) is 36.7 Å². The largest absolute Gasteiger partial charge is 0.487 e. The lowest BCUT2D eigenvalue weighted by atomic mass is 10.2. The Kier molecular flexibility index (Phi) is 5.00. The molecule has 0 unspecified atom stereocenters. The van der Waals surface area contributed by atoms with Gasteiger partial charge in [-0.1, -0.05) is 0 Å². The number of benzene rings is 1. The SMILES string of the molecule is N#CC(C#N)=NNc1cc(F)ccc1OCc1ccncc1. The molecule has 0 atom stereocenters. The summed E-state index contributed by atoms with van der Waals surface area (Å²) in [6.45, 7) is 0.260. The third-order valence-corrected chi connectivity index (χ3v) is 2.59.